The molecule has 2 aliphatic rings. The maximum absolute atomic E-state index is 6.91. The number of fused-ring (bicyclic) bond motifs is 8. The summed E-state index contributed by atoms with van der Waals surface area (Å²) in [6.45, 7) is 2.49. The molecule has 0 spiro atoms. The van der Waals surface area contributed by atoms with E-state index in [-0.39, 0.29) is 15.4 Å². The molecule has 0 unspecified atom stereocenters. The van der Waals surface area contributed by atoms with Crippen molar-refractivity contribution in [1.82, 2.24) is 0 Å². The Morgan fingerprint density at radius 3 is 2.50 bits per heavy atom. The first-order valence-electron chi connectivity index (χ1n) is 12.6. The van der Waals surface area contributed by atoms with Crippen LogP contribution in [0, 0.1) is 6.92 Å². The first kappa shape index (κ1) is 20.6. The van der Waals surface area contributed by atoms with Crippen LogP contribution in [-0.2, 0) is 13.5 Å². The Bertz CT molecular complexity index is 1890. The Hall–Kier alpha value is -3.56. The molecule has 2 radical (unpaired) electrons. The molecule has 0 bridgehead atoms. The summed E-state index contributed by atoms with van der Waals surface area (Å²) in [6.07, 6.45) is 3.05. The average molecular weight is 521 g/mol. The van der Waals surface area contributed by atoms with Crippen LogP contribution in [0.25, 0.3) is 33.2 Å². The van der Waals surface area contributed by atoms with Crippen LogP contribution in [-0.4, -0.2) is 22.1 Å². The second-order valence-electron chi connectivity index (χ2n) is 10.1. The maximum atomic E-state index is 6.91. The SMILES string of the molecule is Cc1ccc2c(oc3c4c(ccc32)B2c3cccc[c]3[Ge][c]3cccc(c32)C4)c1-c1cccc[n+]1C. The van der Waals surface area contributed by atoms with Crippen LogP contribution in [0.15, 0.2) is 95.5 Å². The minimum atomic E-state index is -0.306. The van der Waals surface area contributed by atoms with Gasteiger partial charge in [0.1, 0.15) is 0 Å². The fourth-order valence-electron chi connectivity index (χ4n) is 6.52. The Kier molecular flexibility index (Phi) is 4.28. The zero-order valence-electron chi connectivity index (χ0n) is 20.3. The van der Waals surface area contributed by atoms with Gasteiger partial charge in [0.2, 0.25) is 0 Å². The number of aromatic nitrogens is 1. The molecule has 2 nitrogen and oxygen atoms in total. The van der Waals surface area contributed by atoms with E-state index >= 15 is 0 Å². The second kappa shape index (κ2) is 7.47. The van der Waals surface area contributed by atoms with Gasteiger partial charge in [-0.05, 0) is 0 Å². The molecule has 8 rings (SSSR count). The molecule has 6 aromatic rings. The van der Waals surface area contributed by atoms with E-state index in [1.807, 2.05) is 0 Å². The molecule has 4 heterocycles. The van der Waals surface area contributed by atoms with Gasteiger partial charge in [-0.3, -0.25) is 0 Å². The summed E-state index contributed by atoms with van der Waals surface area (Å²) in [5.74, 6) is 0. The Morgan fingerprint density at radius 2 is 1.58 bits per heavy atom. The summed E-state index contributed by atoms with van der Waals surface area (Å²) in [7, 11) is 2.11. The molecule has 2 aliphatic heterocycles. The van der Waals surface area contributed by atoms with Crippen molar-refractivity contribution >= 4 is 69.3 Å². The Balaban J connectivity index is 1.45. The van der Waals surface area contributed by atoms with Gasteiger partial charge in [0.25, 0.3) is 0 Å². The van der Waals surface area contributed by atoms with Crippen LogP contribution in [0.5, 0.6) is 0 Å². The topological polar surface area (TPSA) is 17.0 Å². The van der Waals surface area contributed by atoms with Crippen molar-refractivity contribution in [3.63, 3.8) is 0 Å². The molecule has 4 aromatic carbocycles. The van der Waals surface area contributed by atoms with E-state index in [1.54, 1.807) is 14.3 Å². The summed E-state index contributed by atoms with van der Waals surface area (Å²) in [5.41, 5.74) is 13.0. The fourth-order valence-corrected chi connectivity index (χ4v) is 9.59. The number of benzene rings is 4. The normalized spacial score (nSPS) is 13.6. The summed E-state index contributed by atoms with van der Waals surface area (Å²) < 4.78 is 12.3. The third kappa shape index (κ3) is 2.72. The van der Waals surface area contributed by atoms with Crippen LogP contribution in [0.4, 0.5) is 0 Å². The van der Waals surface area contributed by atoms with Crippen molar-refractivity contribution in [3.8, 4) is 11.3 Å². The third-order valence-corrected chi connectivity index (χ3v) is 11.2. The zero-order valence-corrected chi connectivity index (χ0v) is 22.4. The molecule has 0 fully saturated rings. The number of hydrogen-bond donors (Lipinski definition) is 0. The molecule has 0 saturated heterocycles. The zero-order chi connectivity index (χ0) is 24.0. The molecule has 0 aliphatic carbocycles. The Morgan fingerprint density at radius 1 is 0.778 bits per heavy atom. The molecule has 0 saturated carbocycles. The number of furan rings is 1. The van der Waals surface area contributed by atoms with Crippen molar-refractivity contribution in [3.05, 3.63) is 108 Å². The van der Waals surface area contributed by atoms with Gasteiger partial charge in [0.05, 0.1) is 0 Å². The van der Waals surface area contributed by atoms with E-state index in [0.29, 0.717) is 6.71 Å². The molecule has 2 aromatic heterocycles. The van der Waals surface area contributed by atoms with E-state index in [9.17, 15) is 0 Å². The number of nitrogens with zero attached hydrogens (tertiary/aromatic N) is 1. The first-order chi connectivity index (χ1) is 17.7. The number of hydrogen-bond acceptors (Lipinski definition) is 1. The molecule has 0 amide bonds. The first-order valence-corrected chi connectivity index (χ1v) is 14.7. The fraction of sp³-hybridized carbons (Fsp3) is 0.0938. The van der Waals surface area contributed by atoms with E-state index in [0.717, 1.165) is 17.6 Å². The van der Waals surface area contributed by atoms with E-state index in [4.69, 9.17) is 4.42 Å². The van der Waals surface area contributed by atoms with Crippen molar-refractivity contribution in [2.24, 2.45) is 7.05 Å². The van der Waals surface area contributed by atoms with E-state index in [2.05, 4.69) is 110 Å². The molecular formula is C32H23BGeNO+. The van der Waals surface area contributed by atoms with Crippen molar-refractivity contribution < 1.29 is 8.98 Å². The molecule has 36 heavy (non-hydrogen) atoms. The van der Waals surface area contributed by atoms with Crippen LogP contribution >= 0.6 is 0 Å². The second-order valence-corrected chi connectivity index (χ2v) is 12.9. The number of pyridine rings is 1. The molecular weight excluding hydrogens is 498 g/mol. The van der Waals surface area contributed by atoms with E-state index < -0.39 is 0 Å². The minimum absolute atomic E-state index is 0.305. The predicted octanol–water partition coefficient (Wildman–Crippen LogP) is 2.77. The average Bonchev–Trinajstić information content (AvgIpc) is 3.28. The quantitative estimate of drug-likeness (QED) is 0.240. The third-order valence-electron chi connectivity index (χ3n) is 8.17. The summed E-state index contributed by atoms with van der Waals surface area (Å²) in [6, 6.07) is 31.7. The summed E-state index contributed by atoms with van der Waals surface area (Å²) in [4.78, 5) is 0. The standard InChI is InChI=1S/C32H23BGeNO/c1-19-13-14-22-21-15-16-24-23(31(21)36-32(22)29(19)28-12-5-6-17-35(28)2)18-20-8-7-11-27-30(20)33(24)25-9-3-4-10-26(25)34-27/h3-17H,18H2,1-2H3/q+1. The van der Waals surface area contributed by atoms with Gasteiger partial charge < -0.3 is 0 Å². The van der Waals surface area contributed by atoms with Gasteiger partial charge in [0.15, 0.2) is 0 Å². The van der Waals surface area contributed by atoms with Crippen LogP contribution in [0.1, 0.15) is 16.7 Å². The molecule has 4 heteroatoms. The summed E-state index contributed by atoms with van der Waals surface area (Å²) >= 11 is -0.306. The van der Waals surface area contributed by atoms with Gasteiger partial charge in [-0.15, -0.1) is 0 Å². The van der Waals surface area contributed by atoms with Crippen LogP contribution in [0.3, 0.4) is 0 Å². The van der Waals surface area contributed by atoms with Crippen LogP contribution < -0.4 is 29.7 Å². The monoisotopic (exact) mass is 522 g/mol. The van der Waals surface area contributed by atoms with Crippen LogP contribution in [0.2, 0.25) is 0 Å². The van der Waals surface area contributed by atoms with Gasteiger partial charge in [0, 0.05) is 6.07 Å². The predicted molar refractivity (Wildman–Crippen MR) is 150 cm³/mol. The van der Waals surface area contributed by atoms with Crippen molar-refractivity contribution in [1.29, 1.82) is 0 Å². The van der Waals surface area contributed by atoms with Crippen molar-refractivity contribution in [2.45, 2.75) is 13.3 Å². The summed E-state index contributed by atoms with van der Waals surface area (Å²) in [5, 5.41) is 2.42. The molecule has 0 atom stereocenters. The van der Waals surface area contributed by atoms with Gasteiger partial charge in [-0.1, -0.05) is 0 Å². The number of rotatable bonds is 1. The molecule has 0 N–H and O–H groups in total. The Labute approximate surface area is 217 Å². The number of aryl methyl sites for hydroxylation is 2. The van der Waals surface area contributed by atoms with Gasteiger partial charge in [-0.2, -0.15) is 0 Å². The van der Waals surface area contributed by atoms with Gasteiger partial charge >= 0.3 is 212 Å². The molecule has 168 valence electrons. The van der Waals surface area contributed by atoms with Gasteiger partial charge in [-0.25, -0.2) is 0 Å². The van der Waals surface area contributed by atoms with E-state index in [1.165, 1.54) is 49.6 Å². The van der Waals surface area contributed by atoms with Crippen molar-refractivity contribution in [2.75, 3.05) is 0 Å².